The normalized spacial score (nSPS) is 16.0. The van der Waals surface area contributed by atoms with Crippen LogP contribution in [0.2, 0.25) is 0 Å². The Morgan fingerprint density at radius 3 is 1.57 bits per heavy atom. The van der Waals surface area contributed by atoms with Crippen molar-refractivity contribution in [3.05, 3.63) is 172 Å². The Bertz CT molecular complexity index is 2480. The van der Waals surface area contributed by atoms with Gasteiger partial charge in [-0.15, -0.1) is 0 Å². The van der Waals surface area contributed by atoms with E-state index in [0.29, 0.717) is 36.9 Å². The summed E-state index contributed by atoms with van der Waals surface area (Å²) < 4.78 is 41.6. The zero-order valence-corrected chi connectivity index (χ0v) is 36.8. The van der Waals surface area contributed by atoms with Crippen LogP contribution in [0.1, 0.15) is 63.5 Å². The third-order valence-electron chi connectivity index (χ3n) is 12.0. The van der Waals surface area contributed by atoms with Crippen molar-refractivity contribution >= 4 is 6.16 Å². The van der Waals surface area contributed by atoms with Gasteiger partial charge in [0.25, 0.3) is 0 Å². The van der Waals surface area contributed by atoms with Gasteiger partial charge in [-0.1, -0.05) is 78.9 Å². The molecule has 0 aromatic heterocycles. The monoisotopic (exact) mass is 848 g/mol. The minimum absolute atomic E-state index is 0.0540. The van der Waals surface area contributed by atoms with Crippen LogP contribution in [0.3, 0.4) is 0 Å². The molecule has 0 saturated carbocycles. The molecule has 0 N–H and O–H groups in total. The lowest BCUT2D eigenvalue weighted by Crippen LogP contribution is -2.33. The second-order valence-electron chi connectivity index (χ2n) is 16.2. The fourth-order valence-corrected chi connectivity index (χ4v) is 8.56. The predicted octanol–water partition coefficient (Wildman–Crippen LogP) is 10.7. The van der Waals surface area contributed by atoms with Crippen molar-refractivity contribution in [1.29, 1.82) is 0 Å². The first kappa shape index (κ1) is 43.2. The largest absolute Gasteiger partial charge is 0.513 e. The molecule has 8 rings (SSSR count). The molecule has 2 aliphatic rings. The average Bonchev–Trinajstić information content (AvgIpc) is 3.31. The molecular weight excluding hydrogens is 793 g/mol. The molecule has 0 bridgehead atoms. The minimum atomic E-state index is -0.786. The summed E-state index contributed by atoms with van der Waals surface area (Å²) in [5.41, 5.74) is 9.31. The summed E-state index contributed by atoms with van der Waals surface area (Å²) in [5.74, 6) is 4.25. The van der Waals surface area contributed by atoms with Crippen LogP contribution in [0, 0.1) is 0 Å². The highest BCUT2D eigenvalue weighted by atomic mass is 16.7. The van der Waals surface area contributed by atoms with Gasteiger partial charge in [0.15, 0.2) is 34.5 Å². The van der Waals surface area contributed by atoms with E-state index < -0.39 is 6.16 Å². The molecule has 10 nitrogen and oxygen atoms in total. The number of carbonyl (C=O) groups excluding carboxylic acids is 1. The Labute approximate surface area is 370 Å². The van der Waals surface area contributed by atoms with E-state index in [2.05, 4.69) is 84.6 Å². The second kappa shape index (κ2) is 20.1. The number of likely N-dealkylation sites (N-methyl/N-ethyl adjacent to an activating group) is 2. The number of hydrogen-bond acceptors (Lipinski definition) is 10. The second-order valence-corrected chi connectivity index (χ2v) is 16.2. The van der Waals surface area contributed by atoms with E-state index in [0.717, 1.165) is 71.9 Å². The molecule has 0 radical (unpaired) electrons. The quantitative estimate of drug-likeness (QED) is 0.0693. The standard InChI is InChI=1S/C53H56N2O8/c1-6-59-53(56)63-47-22-19-39(28-46-44-33-51(61-35-38-15-11-8-12-16-38)49(58-5)31-41(44)24-26-55(46)3)29-52(47)62-42-20-17-36(18-21-42)27-45-43-32-50(60-34-37-13-9-7-10-14-37)48(57-4)30-40(43)23-25-54(45)2/h7-22,29-33,45-46H,6,23-28,34-35H2,1-5H3. The Morgan fingerprint density at radius 1 is 0.556 bits per heavy atom. The fourth-order valence-electron chi connectivity index (χ4n) is 8.56. The van der Waals surface area contributed by atoms with Gasteiger partial charge in [0.1, 0.15) is 19.0 Å². The summed E-state index contributed by atoms with van der Waals surface area (Å²) in [7, 11) is 7.71. The van der Waals surface area contributed by atoms with Crippen molar-refractivity contribution in [2.45, 2.75) is 57.9 Å². The first-order valence-corrected chi connectivity index (χ1v) is 21.7. The number of carbonyl (C=O) groups is 1. The summed E-state index contributed by atoms with van der Waals surface area (Å²) in [6, 6.07) is 42.9. The Kier molecular flexibility index (Phi) is 13.8. The maximum absolute atomic E-state index is 12.6. The summed E-state index contributed by atoms with van der Waals surface area (Å²) in [6.07, 6.45) is 2.53. The molecule has 326 valence electrons. The van der Waals surface area contributed by atoms with Crippen LogP contribution >= 0.6 is 0 Å². The molecule has 63 heavy (non-hydrogen) atoms. The van der Waals surface area contributed by atoms with Crippen molar-refractivity contribution in [1.82, 2.24) is 9.80 Å². The van der Waals surface area contributed by atoms with Crippen molar-refractivity contribution < 1.29 is 38.0 Å². The van der Waals surface area contributed by atoms with Crippen molar-refractivity contribution in [2.24, 2.45) is 0 Å². The number of rotatable bonds is 16. The zero-order chi connectivity index (χ0) is 43.7. The molecule has 2 aliphatic heterocycles. The van der Waals surface area contributed by atoms with Gasteiger partial charge in [-0.3, -0.25) is 9.80 Å². The summed E-state index contributed by atoms with van der Waals surface area (Å²) in [6.45, 7) is 4.67. The Balaban J connectivity index is 1.01. The van der Waals surface area contributed by atoms with E-state index in [1.165, 1.54) is 22.3 Å². The lowest BCUT2D eigenvalue weighted by atomic mass is 9.88. The third kappa shape index (κ3) is 10.4. The van der Waals surface area contributed by atoms with Gasteiger partial charge >= 0.3 is 6.16 Å². The molecule has 2 atom stereocenters. The maximum atomic E-state index is 12.6. The van der Waals surface area contributed by atoms with Crippen molar-refractivity contribution in [3.63, 3.8) is 0 Å². The number of methoxy groups -OCH3 is 2. The minimum Gasteiger partial charge on any atom is -0.493 e. The van der Waals surface area contributed by atoms with Crippen LogP contribution < -0.4 is 28.4 Å². The Hall–Kier alpha value is -6.49. The zero-order valence-electron chi connectivity index (χ0n) is 36.8. The van der Waals surface area contributed by atoms with Gasteiger partial charge in [-0.25, -0.2) is 4.79 Å². The molecular formula is C53H56N2O8. The number of nitrogens with zero attached hydrogens (tertiary/aromatic N) is 2. The first-order chi connectivity index (χ1) is 30.8. The number of ether oxygens (including phenoxy) is 7. The van der Waals surface area contributed by atoms with Crippen molar-refractivity contribution in [2.75, 3.05) is 48.0 Å². The molecule has 6 aromatic carbocycles. The lowest BCUT2D eigenvalue weighted by molar-refractivity contribution is 0.103. The lowest BCUT2D eigenvalue weighted by Gasteiger charge is -2.35. The van der Waals surface area contributed by atoms with Crippen LogP contribution in [-0.2, 0) is 43.6 Å². The first-order valence-electron chi connectivity index (χ1n) is 21.7. The highest BCUT2D eigenvalue weighted by molar-refractivity contribution is 5.66. The molecule has 6 aromatic rings. The van der Waals surface area contributed by atoms with Gasteiger partial charge in [0.05, 0.1) is 20.8 Å². The summed E-state index contributed by atoms with van der Waals surface area (Å²) in [4.78, 5) is 17.4. The fraction of sp³-hybridized carbons (Fsp3) is 0.302. The van der Waals surface area contributed by atoms with Crippen LogP contribution in [0.5, 0.6) is 40.2 Å². The third-order valence-corrected chi connectivity index (χ3v) is 12.0. The highest BCUT2D eigenvalue weighted by Gasteiger charge is 2.29. The SMILES string of the molecule is CCOC(=O)Oc1ccc(CC2c3cc(OCc4ccccc4)c(OC)cc3CCN2C)cc1Oc1ccc(CC2c3cc(OCc4ccccc4)c(OC)cc3CCN2C)cc1. The predicted molar refractivity (Wildman–Crippen MR) is 244 cm³/mol. The Morgan fingerprint density at radius 2 is 1.06 bits per heavy atom. The van der Waals surface area contributed by atoms with Crippen molar-refractivity contribution in [3.8, 4) is 40.2 Å². The topological polar surface area (TPSA) is 88.2 Å². The summed E-state index contributed by atoms with van der Waals surface area (Å²) >= 11 is 0. The molecule has 2 unspecified atom stereocenters. The average molecular weight is 849 g/mol. The van der Waals surface area contributed by atoms with Gasteiger partial charge in [0, 0.05) is 25.2 Å². The molecule has 0 aliphatic carbocycles. The van der Waals surface area contributed by atoms with Gasteiger partial charge in [-0.2, -0.15) is 0 Å². The molecule has 0 amide bonds. The van der Waals surface area contributed by atoms with E-state index in [4.69, 9.17) is 33.2 Å². The van der Waals surface area contributed by atoms with Crippen LogP contribution in [-0.4, -0.2) is 64.0 Å². The van der Waals surface area contributed by atoms with E-state index in [1.54, 1.807) is 27.2 Å². The van der Waals surface area contributed by atoms with E-state index in [9.17, 15) is 4.79 Å². The van der Waals surface area contributed by atoms with Crippen LogP contribution in [0.4, 0.5) is 4.79 Å². The van der Waals surface area contributed by atoms with E-state index in [-0.39, 0.29) is 24.4 Å². The molecule has 0 spiro atoms. The number of hydrogen-bond donors (Lipinski definition) is 0. The smallest absolute Gasteiger partial charge is 0.493 e. The van der Waals surface area contributed by atoms with Crippen LogP contribution in [0.15, 0.2) is 127 Å². The van der Waals surface area contributed by atoms with Crippen LogP contribution in [0.25, 0.3) is 0 Å². The van der Waals surface area contributed by atoms with E-state index >= 15 is 0 Å². The molecule has 2 heterocycles. The molecule has 0 fully saturated rings. The molecule has 10 heteroatoms. The maximum Gasteiger partial charge on any atom is 0.513 e. The highest BCUT2D eigenvalue weighted by Crippen LogP contribution is 2.42. The van der Waals surface area contributed by atoms with E-state index in [1.807, 2.05) is 60.7 Å². The summed E-state index contributed by atoms with van der Waals surface area (Å²) in [5, 5.41) is 0. The number of fused-ring (bicyclic) bond motifs is 2. The van der Waals surface area contributed by atoms with Gasteiger partial charge in [0.2, 0.25) is 0 Å². The molecule has 0 saturated heterocycles. The van der Waals surface area contributed by atoms with Gasteiger partial charge < -0.3 is 33.2 Å². The number of benzene rings is 6. The van der Waals surface area contributed by atoms with Gasteiger partial charge in [-0.05, 0) is 140 Å².